The normalized spacial score (nSPS) is 10.6. The molecule has 0 aliphatic heterocycles. The number of carbonyl (C=O) groups is 1. The van der Waals surface area contributed by atoms with Gasteiger partial charge < -0.3 is 24.7 Å². The Morgan fingerprint density at radius 2 is 1.60 bits per heavy atom. The smallest absolute Gasteiger partial charge is 0.305 e. The van der Waals surface area contributed by atoms with Gasteiger partial charge in [-0.2, -0.15) is 0 Å². The van der Waals surface area contributed by atoms with E-state index in [1.165, 1.54) is 6.42 Å². The third-order valence-electron chi connectivity index (χ3n) is 3.50. The second-order valence-corrected chi connectivity index (χ2v) is 5.64. The van der Waals surface area contributed by atoms with Crippen molar-refractivity contribution in [3.63, 3.8) is 0 Å². The molecule has 2 N–H and O–H groups in total. The second kappa shape index (κ2) is 14.5. The van der Waals surface area contributed by atoms with Gasteiger partial charge in [-0.05, 0) is 18.6 Å². The number of para-hydroxylation sites is 2. The number of hydrogen-bond donors (Lipinski definition) is 1. The Morgan fingerprint density at radius 1 is 0.920 bits per heavy atom. The van der Waals surface area contributed by atoms with E-state index in [0.29, 0.717) is 57.5 Å². The molecule has 142 valence electrons. The van der Waals surface area contributed by atoms with Gasteiger partial charge in [0.2, 0.25) is 0 Å². The second-order valence-electron chi connectivity index (χ2n) is 5.64. The highest BCUT2D eigenvalue weighted by Gasteiger charge is 2.02. The number of ether oxygens (including phenoxy) is 4. The number of benzene rings is 1. The first-order chi connectivity index (χ1) is 12.2. The van der Waals surface area contributed by atoms with Crippen LogP contribution < -0.4 is 10.5 Å². The van der Waals surface area contributed by atoms with Crippen LogP contribution in [-0.2, 0) is 19.0 Å². The third-order valence-corrected chi connectivity index (χ3v) is 3.50. The van der Waals surface area contributed by atoms with E-state index in [4.69, 9.17) is 24.7 Å². The number of carbonyl (C=O) groups excluding carboxylic acids is 1. The fraction of sp³-hybridized carbons (Fsp3) is 0.632. The first kappa shape index (κ1) is 21.3. The average Bonchev–Trinajstić information content (AvgIpc) is 2.62. The summed E-state index contributed by atoms with van der Waals surface area (Å²) in [5, 5.41) is 0. The fourth-order valence-electron chi connectivity index (χ4n) is 2.13. The van der Waals surface area contributed by atoms with Crippen LogP contribution in [0.4, 0.5) is 5.69 Å². The number of hydrogen-bond acceptors (Lipinski definition) is 6. The molecular weight excluding hydrogens is 322 g/mol. The van der Waals surface area contributed by atoms with E-state index in [1.54, 1.807) is 6.07 Å². The van der Waals surface area contributed by atoms with E-state index >= 15 is 0 Å². The van der Waals surface area contributed by atoms with Gasteiger partial charge in [-0.1, -0.05) is 38.3 Å². The lowest BCUT2D eigenvalue weighted by atomic mass is 10.2. The Bertz CT molecular complexity index is 467. The molecule has 0 spiro atoms. The number of rotatable bonds is 15. The molecule has 0 fully saturated rings. The number of anilines is 1. The molecule has 0 bridgehead atoms. The molecule has 0 aromatic heterocycles. The van der Waals surface area contributed by atoms with Crippen molar-refractivity contribution in [1.29, 1.82) is 0 Å². The van der Waals surface area contributed by atoms with Gasteiger partial charge in [0.05, 0.1) is 32.1 Å². The number of unbranched alkanes of at least 4 members (excludes halogenated alkanes) is 3. The van der Waals surface area contributed by atoms with E-state index in [9.17, 15) is 4.79 Å². The standard InChI is InChI=1S/C19H31NO5/c1-2-3-4-5-10-19(21)25-16-14-23-12-11-22-13-15-24-18-9-7-6-8-17(18)20/h6-9H,2-5,10-16,20H2,1H3. The summed E-state index contributed by atoms with van der Waals surface area (Å²) in [5.74, 6) is 0.521. The molecule has 6 nitrogen and oxygen atoms in total. The first-order valence-corrected chi connectivity index (χ1v) is 9.02. The minimum absolute atomic E-state index is 0.145. The summed E-state index contributed by atoms with van der Waals surface area (Å²) >= 11 is 0. The van der Waals surface area contributed by atoms with Crippen LogP contribution in [0.15, 0.2) is 24.3 Å². The van der Waals surface area contributed by atoms with E-state index < -0.39 is 0 Å². The lowest BCUT2D eigenvalue weighted by Crippen LogP contribution is -2.14. The molecule has 0 heterocycles. The van der Waals surface area contributed by atoms with Gasteiger partial charge >= 0.3 is 5.97 Å². The van der Waals surface area contributed by atoms with Crippen molar-refractivity contribution >= 4 is 11.7 Å². The van der Waals surface area contributed by atoms with Crippen molar-refractivity contribution in [2.75, 3.05) is 45.4 Å². The molecule has 25 heavy (non-hydrogen) atoms. The summed E-state index contributed by atoms with van der Waals surface area (Å²) in [6, 6.07) is 7.35. The van der Waals surface area contributed by atoms with Gasteiger partial charge in [0.25, 0.3) is 0 Å². The maximum Gasteiger partial charge on any atom is 0.305 e. The van der Waals surface area contributed by atoms with E-state index in [-0.39, 0.29) is 5.97 Å². The Kier molecular flexibility index (Phi) is 12.4. The van der Waals surface area contributed by atoms with Gasteiger partial charge in [0.1, 0.15) is 19.0 Å². The fourth-order valence-corrected chi connectivity index (χ4v) is 2.13. The van der Waals surface area contributed by atoms with Gasteiger partial charge in [0.15, 0.2) is 0 Å². The minimum atomic E-state index is -0.145. The Morgan fingerprint density at radius 3 is 2.32 bits per heavy atom. The first-order valence-electron chi connectivity index (χ1n) is 9.02. The summed E-state index contributed by atoms with van der Waals surface area (Å²) < 4.78 is 21.3. The highest BCUT2D eigenvalue weighted by molar-refractivity contribution is 5.69. The van der Waals surface area contributed by atoms with Gasteiger partial charge in [-0.3, -0.25) is 4.79 Å². The number of nitrogen functional groups attached to an aromatic ring is 1. The Balaban J connectivity index is 1.84. The highest BCUT2D eigenvalue weighted by Crippen LogP contribution is 2.19. The van der Waals surface area contributed by atoms with Crippen LogP contribution in [0.5, 0.6) is 5.75 Å². The van der Waals surface area contributed by atoms with Crippen LogP contribution >= 0.6 is 0 Å². The van der Waals surface area contributed by atoms with Crippen LogP contribution in [0.1, 0.15) is 39.0 Å². The van der Waals surface area contributed by atoms with Crippen molar-refractivity contribution in [2.45, 2.75) is 39.0 Å². The average molecular weight is 353 g/mol. The zero-order chi connectivity index (χ0) is 18.2. The quantitative estimate of drug-likeness (QED) is 0.296. The zero-order valence-corrected chi connectivity index (χ0v) is 15.2. The monoisotopic (exact) mass is 353 g/mol. The maximum absolute atomic E-state index is 11.4. The molecular formula is C19H31NO5. The summed E-state index contributed by atoms with van der Waals surface area (Å²) in [6.07, 6.45) is 4.81. The SMILES string of the molecule is CCCCCCC(=O)OCCOCCOCCOc1ccccc1N. The third kappa shape index (κ3) is 11.4. The summed E-state index contributed by atoms with van der Waals surface area (Å²) in [6.45, 7) is 4.66. The van der Waals surface area contributed by atoms with Crippen molar-refractivity contribution in [2.24, 2.45) is 0 Å². The van der Waals surface area contributed by atoms with Crippen molar-refractivity contribution in [3.8, 4) is 5.75 Å². The van der Waals surface area contributed by atoms with Gasteiger partial charge in [-0.25, -0.2) is 0 Å². The molecule has 0 saturated carbocycles. The number of esters is 1. The van der Waals surface area contributed by atoms with Crippen molar-refractivity contribution in [1.82, 2.24) is 0 Å². The van der Waals surface area contributed by atoms with Crippen LogP contribution in [0.25, 0.3) is 0 Å². The Labute approximate surface area is 150 Å². The van der Waals surface area contributed by atoms with Gasteiger partial charge in [0, 0.05) is 6.42 Å². The molecule has 0 radical (unpaired) electrons. The maximum atomic E-state index is 11.4. The van der Waals surface area contributed by atoms with Gasteiger partial charge in [-0.15, -0.1) is 0 Å². The van der Waals surface area contributed by atoms with E-state index in [2.05, 4.69) is 6.92 Å². The summed E-state index contributed by atoms with van der Waals surface area (Å²) in [7, 11) is 0. The molecule has 0 aliphatic rings. The zero-order valence-electron chi connectivity index (χ0n) is 15.2. The van der Waals surface area contributed by atoms with Crippen LogP contribution in [0.2, 0.25) is 0 Å². The molecule has 0 unspecified atom stereocenters. The van der Waals surface area contributed by atoms with Crippen LogP contribution in [0.3, 0.4) is 0 Å². The predicted molar refractivity (Wildman–Crippen MR) is 97.7 cm³/mol. The summed E-state index contributed by atoms with van der Waals surface area (Å²) in [4.78, 5) is 11.4. The lowest BCUT2D eigenvalue weighted by Gasteiger charge is -2.09. The van der Waals surface area contributed by atoms with Crippen LogP contribution in [0, 0.1) is 0 Å². The highest BCUT2D eigenvalue weighted by atomic mass is 16.6. The predicted octanol–water partition coefficient (Wildman–Crippen LogP) is 3.19. The number of nitrogens with two attached hydrogens (primary N) is 1. The lowest BCUT2D eigenvalue weighted by molar-refractivity contribution is -0.145. The largest absolute Gasteiger partial charge is 0.489 e. The summed E-state index contributed by atoms with van der Waals surface area (Å²) in [5.41, 5.74) is 6.39. The molecule has 1 rings (SSSR count). The molecule has 1 aromatic carbocycles. The van der Waals surface area contributed by atoms with Crippen molar-refractivity contribution < 1.29 is 23.7 Å². The topological polar surface area (TPSA) is 80.0 Å². The molecule has 0 saturated heterocycles. The molecule has 0 amide bonds. The molecule has 6 heteroatoms. The van der Waals surface area contributed by atoms with E-state index in [0.717, 1.165) is 19.3 Å². The van der Waals surface area contributed by atoms with Crippen molar-refractivity contribution in [3.05, 3.63) is 24.3 Å². The Hall–Kier alpha value is -1.79. The molecule has 0 aliphatic carbocycles. The minimum Gasteiger partial charge on any atom is -0.489 e. The molecule has 0 atom stereocenters. The van der Waals surface area contributed by atoms with E-state index in [1.807, 2.05) is 18.2 Å². The molecule has 1 aromatic rings. The van der Waals surface area contributed by atoms with Crippen LogP contribution in [-0.4, -0.2) is 45.6 Å².